The maximum Gasteiger partial charge on any atom is 0.277 e. The van der Waals surface area contributed by atoms with E-state index in [0.717, 1.165) is 12.1 Å². The molecule has 0 aliphatic heterocycles. The molecule has 0 saturated carbocycles. The van der Waals surface area contributed by atoms with Crippen LogP contribution in [-0.4, -0.2) is 21.9 Å². The molecule has 1 heterocycles. The molecule has 112 valence electrons. The van der Waals surface area contributed by atoms with Gasteiger partial charge in [-0.3, -0.25) is 4.79 Å². The van der Waals surface area contributed by atoms with E-state index >= 15 is 0 Å². The number of aromatic nitrogens is 2. The van der Waals surface area contributed by atoms with Crippen molar-refractivity contribution in [3.63, 3.8) is 0 Å². The van der Waals surface area contributed by atoms with Crippen LogP contribution >= 0.6 is 11.8 Å². The number of benzene rings is 1. The van der Waals surface area contributed by atoms with E-state index in [-0.39, 0.29) is 17.6 Å². The summed E-state index contributed by atoms with van der Waals surface area (Å²) in [5.41, 5.74) is 2.04. The lowest BCUT2D eigenvalue weighted by Gasteiger charge is -2.04. The van der Waals surface area contributed by atoms with E-state index in [2.05, 4.69) is 22.4 Å². The van der Waals surface area contributed by atoms with Gasteiger partial charge in [-0.1, -0.05) is 44.7 Å². The molecule has 1 N–H and O–H groups in total. The third-order valence-corrected chi connectivity index (χ3v) is 3.71. The normalized spacial score (nSPS) is 10.9. The minimum atomic E-state index is -0.0893. The Balaban J connectivity index is 1.83. The lowest BCUT2D eigenvalue weighted by atomic mass is 10.1. The highest BCUT2D eigenvalue weighted by atomic mass is 32.2. The average molecular weight is 305 g/mol. The summed E-state index contributed by atoms with van der Waals surface area (Å²) < 4.78 is 5.44. The predicted octanol–water partition coefficient (Wildman–Crippen LogP) is 3.49. The van der Waals surface area contributed by atoms with Gasteiger partial charge in [0.25, 0.3) is 5.22 Å². The van der Waals surface area contributed by atoms with Gasteiger partial charge in [0.2, 0.25) is 11.8 Å². The Labute approximate surface area is 128 Å². The monoisotopic (exact) mass is 305 g/mol. The summed E-state index contributed by atoms with van der Waals surface area (Å²) in [6.45, 7) is 6.06. The molecule has 0 aliphatic carbocycles. The van der Waals surface area contributed by atoms with Crippen LogP contribution in [0, 0.1) is 0 Å². The fraction of sp³-hybridized carbons (Fsp3) is 0.400. The molecule has 0 fully saturated rings. The molecule has 1 amide bonds. The highest BCUT2D eigenvalue weighted by Gasteiger charge is 2.11. The van der Waals surface area contributed by atoms with Gasteiger partial charge in [-0.2, -0.15) is 0 Å². The SMILES string of the molecule is CCc1ccc(NC(=O)CSc2nnc(C(C)C)o2)cc1. The van der Waals surface area contributed by atoms with Crippen molar-refractivity contribution in [3.05, 3.63) is 35.7 Å². The molecule has 0 spiro atoms. The van der Waals surface area contributed by atoms with Gasteiger partial charge in [0, 0.05) is 11.6 Å². The van der Waals surface area contributed by atoms with Crippen LogP contribution in [-0.2, 0) is 11.2 Å². The van der Waals surface area contributed by atoms with Crippen LogP contribution in [0.5, 0.6) is 0 Å². The predicted molar refractivity (Wildman–Crippen MR) is 83.6 cm³/mol. The van der Waals surface area contributed by atoms with Gasteiger partial charge >= 0.3 is 0 Å². The average Bonchev–Trinajstić information content (AvgIpc) is 2.95. The second kappa shape index (κ2) is 7.26. The second-order valence-corrected chi connectivity index (χ2v) is 5.87. The Morgan fingerprint density at radius 2 is 2.00 bits per heavy atom. The molecule has 21 heavy (non-hydrogen) atoms. The van der Waals surface area contributed by atoms with Crippen LogP contribution in [0.3, 0.4) is 0 Å². The lowest BCUT2D eigenvalue weighted by Crippen LogP contribution is -2.13. The highest BCUT2D eigenvalue weighted by molar-refractivity contribution is 7.99. The highest BCUT2D eigenvalue weighted by Crippen LogP contribution is 2.20. The zero-order valence-electron chi connectivity index (χ0n) is 12.4. The number of carbonyl (C=O) groups is 1. The van der Waals surface area contributed by atoms with Crippen LogP contribution in [0.15, 0.2) is 33.9 Å². The van der Waals surface area contributed by atoms with Crippen molar-refractivity contribution in [2.24, 2.45) is 0 Å². The first-order chi connectivity index (χ1) is 10.1. The van der Waals surface area contributed by atoms with E-state index in [0.29, 0.717) is 11.1 Å². The Kier molecular flexibility index (Phi) is 5.38. The summed E-state index contributed by atoms with van der Waals surface area (Å²) in [6.07, 6.45) is 0.986. The number of thioether (sulfide) groups is 1. The van der Waals surface area contributed by atoms with E-state index in [1.54, 1.807) is 0 Å². The summed E-state index contributed by atoms with van der Waals surface area (Å²) >= 11 is 1.24. The largest absolute Gasteiger partial charge is 0.416 e. The van der Waals surface area contributed by atoms with Gasteiger partial charge in [0.1, 0.15) is 0 Å². The van der Waals surface area contributed by atoms with Gasteiger partial charge < -0.3 is 9.73 Å². The molecule has 6 heteroatoms. The van der Waals surface area contributed by atoms with E-state index in [9.17, 15) is 4.79 Å². The standard InChI is InChI=1S/C15H19N3O2S/c1-4-11-5-7-12(8-6-11)16-13(19)9-21-15-18-17-14(20-15)10(2)3/h5-8,10H,4,9H2,1-3H3,(H,16,19). The van der Waals surface area contributed by atoms with Gasteiger partial charge in [0.15, 0.2) is 0 Å². The summed E-state index contributed by atoms with van der Waals surface area (Å²) in [6, 6.07) is 7.83. The fourth-order valence-electron chi connectivity index (χ4n) is 1.66. The summed E-state index contributed by atoms with van der Waals surface area (Å²) in [5.74, 6) is 0.939. The van der Waals surface area contributed by atoms with Gasteiger partial charge in [-0.25, -0.2) is 0 Å². The summed E-state index contributed by atoms with van der Waals surface area (Å²) in [4.78, 5) is 11.9. The maximum atomic E-state index is 11.9. The molecular formula is C15H19N3O2S. The third-order valence-electron chi connectivity index (χ3n) is 2.89. The van der Waals surface area contributed by atoms with Crippen molar-refractivity contribution in [1.82, 2.24) is 10.2 Å². The van der Waals surface area contributed by atoms with Crippen LogP contribution in [0.4, 0.5) is 5.69 Å². The molecule has 5 nitrogen and oxygen atoms in total. The molecule has 0 bridgehead atoms. The molecule has 2 aromatic rings. The van der Waals surface area contributed by atoms with Crippen molar-refractivity contribution >= 4 is 23.4 Å². The van der Waals surface area contributed by atoms with Gasteiger partial charge in [0.05, 0.1) is 5.75 Å². The Morgan fingerprint density at radius 1 is 1.29 bits per heavy atom. The van der Waals surface area contributed by atoms with E-state index in [1.807, 2.05) is 38.1 Å². The molecule has 0 radical (unpaired) electrons. The van der Waals surface area contributed by atoms with E-state index in [4.69, 9.17) is 4.42 Å². The Hall–Kier alpha value is -1.82. The molecule has 0 unspecified atom stereocenters. The van der Waals surface area contributed by atoms with Crippen LogP contribution < -0.4 is 5.32 Å². The number of nitrogens with zero attached hydrogens (tertiary/aromatic N) is 2. The van der Waals surface area contributed by atoms with Crippen molar-refractivity contribution in [2.75, 3.05) is 11.1 Å². The Bertz CT molecular complexity index is 593. The van der Waals surface area contributed by atoms with Crippen molar-refractivity contribution in [2.45, 2.75) is 38.3 Å². The second-order valence-electron chi connectivity index (χ2n) is 4.95. The summed E-state index contributed by atoms with van der Waals surface area (Å²) in [5, 5.41) is 11.1. The molecule has 2 rings (SSSR count). The number of hydrogen-bond acceptors (Lipinski definition) is 5. The minimum Gasteiger partial charge on any atom is -0.416 e. The van der Waals surface area contributed by atoms with Crippen molar-refractivity contribution < 1.29 is 9.21 Å². The van der Waals surface area contributed by atoms with Crippen LogP contribution in [0.1, 0.15) is 38.1 Å². The third kappa shape index (κ3) is 4.60. The van der Waals surface area contributed by atoms with Crippen molar-refractivity contribution in [3.8, 4) is 0 Å². The topological polar surface area (TPSA) is 68.0 Å². The number of carbonyl (C=O) groups excluding carboxylic acids is 1. The lowest BCUT2D eigenvalue weighted by molar-refractivity contribution is -0.113. The van der Waals surface area contributed by atoms with Crippen LogP contribution in [0.2, 0.25) is 0 Å². The molecule has 0 aliphatic rings. The quantitative estimate of drug-likeness (QED) is 0.827. The maximum absolute atomic E-state index is 11.9. The first-order valence-electron chi connectivity index (χ1n) is 6.93. The fourth-order valence-corrected chi connectivity index (χ4v) is 2.23. The molecule has 1 aromatic heterocycles. The van der Waals surface area contributed by atoms with Gasteiger partial charge in [-0.15, -0.1) is 10.2 Å². The number of hydrogen-bond donors (Lipinski definition) is 1. The zero-order chi connectivity index (χ0) is 15.2. The zero-order valence-corrected chi connectivity index (χ0v) is 13.2. The number of rotatable bonds is 6. The van der Waals surface area contributed by atoms with Gasteiger partial charge in [-0.05, 0) is 24.1 Å². The first-order valence-corrected chi connectivity index (χ1v) is 7.92. The molecular weight excluding hydrogens is 286 g/mol. The van der Waals surface area contributed by atoms with Crippen LogP contribution in [0.25, 0.3) is 0 Å². The molecule has 1 aromatic carbocycles. The number of amides is 1. The van der Waals surface area contributed by atoms with E-state index in [1.165, 1.54) is 17.3 Å². The number of anilines is 1. The smallest absolute Gasteiger partial charge is 0.277 e. The number of nitrogens with one attached hydrogen (secondary N) is 1. The van der Waals surface area contributed by atoms with E-state index < -0.39 is 0 Å². The number of aryl methyl sites for hydroxylation is 1. The minimum absolute atomic E-state index is 0.0893. The Morgan fingerprint density at radius 3 is 2.57 bits per heavy atom. The van der Waals surface area contributed by atoms with Crippen molar-refractivity contribution in [1.29, 1.82) is 0 Å². The first kappa shape index (κ1) is 15.6. The molecule has 0 saturated heterocycles. The summed E-state index contributed by atoms with van der Waals surface area (Å²) in [7, 11) is 0. The molecule has 0 atom stereocenters.